The SMILES string of the molecule is CC(O)C(NC(=O)C(N)Cc1cnc[nH]1)C(=O)NC(CCC(N)=O)C(=O)NC(Cc1cnc[nH]1)C(=O)O. The molecule has 0 aliphatic rings. The molecule has 5 unspecified atom stereocenters. The molecule has 0 aliphatic heterocycles. The van der Waals surface area contributed by atoms with Gasteiger partial charge < -0.3 is 47.6 Å². The largest absolute Gasteiger partial charge is 0.480 e. The van der Waals surface area contributed by atoms with Crippen LogP contribution in [0.2, 0.25) is 0 Å². The minimum atomic E-state index is -1.51. The molecule has 11 N–H and O–H groups in total. The quantitative estimate of drug-likeness (QED) is 0.111. The first-order valence-corrected chi connectivity index (χ1v) is 11.3. The lowest BCUT2D eigenvalue weighted by atomic mass is 10.1. The number of nitrogens with zero attached hydrogens (tertiary/aromatic N) is 2. The number of aliphatic hydroxyl groups is 1. The number of nitrogens with one attached hydrogen (secondary N) is 5. The van der Waals surface area contributed by atoms with Crippen LogP contribution in [0, 0.1) is 0 Å². The molecule has 2 aromatic heterocycles. The van der Waals surface area contributed by atoms with E-state index in [0.29, 0.717) is 11.4 Å². The van der Waals surface area contributed by atoms with Crippen LogP contribution < -0.4 is 27.4 Å². The number of aliphatic hydroxyl groups excluding tert-OH is 1. The van der Waals surface area contributed by atoms with Gasteiger partial charge in [-0.3, -0.25) is 19.2 Å². The van der Waals surface area contributed by atoms with Gasteiger partial charge in [-0.1, -0.05) is 0 Å². The summed E-state index contributed by atoms with van der Waals surface area (Å²) < 4.78 is 0. The van der Waals surface area contributed by atoms with E-state index in [1.165, 1.54) is 32.0 Å². The van der Waals surface area contributed by atoms with Crippen molar-refractivity contribution in [1.82, 2.24) is 35.9 Å². The molecule has 0 saturated heterocycles. The maximum Gasteiger partial charge on any atom is 0.326 e. The second-order valence-electron chi connectivity index (χ2n) is 8.36. The van der Waals surface area contributed by atoms with Crippen molar-refractivity contribution in [2.75, 3.05) is 0 Å². The number of imidazole rings is 2. The number of primary amides is 1. The van der Waals surface area contributed by atoms with Crippen LogP contribution in [0.25, 0.3) is 0 Å². The Kier molecular flexibility index (Phi) is 10.7. The average Bonchev–Trinajstić information content (AvgIpc) is 3.53. The van der Waals surface area contributed by atoms with E-state index in [0.717, 1.165) is 0 Å². The van der Waals surface area contributed by atoms with Crippen molar-refractivity contribution in [2.45, 2.75) is 62.9 Å². The van der Waals surface area contributed by atoms with E-state index in [-0.39, 0.29) is 25.7 Å². The van der Waals surface area contributed by atoms with Gasteiger partial charge in [-0.05, 0) is 13.3 Å². The Morgan fingerprint density at radius 1 is 0.919 bits per heavy atom. The fourth-order valence-corrected chi connectivity index (χ4v) is 3.30. The van der Waals surface area contributed by atoms with Gasteiger partial charge in [0.2, 0.25) is 23.6 Å². The van der Waals surface area contributed by atoms with Gasteiger partial charge in [0.15, 0.2) is 0 Å². The third kappa shape index (κ3) is 9.34. The molecule has 2 rings (SSSR count). The van der Waals surface area contributed by atoms with Gasteiger partial charge in [-0.25, -0.2) is 14.8 Å². The van der Waals surface area contributed by atoms with Gasteiger partial charge >= 0.3 is 5.97 Å². The summed E-state index contributed by atoms with van der Waals surface area (Å²) in [5.74, 6) is -4.72. The molecule has 2 aromatic rings. The highest BCUT2D eigenvalue weighted by Gasteiger charge is 2.32. The third-order valence-corrected chi connectivity index (χ3v) is 5.30. The van der Waals surface area contributed by atoms with E-state index in [1.807, 2.05) is 0 Å². The van der Waals surface area contributed by atoms with E-state index in [2.05, 4.69) is 35.9 Å². The summed E-state index contributed by atoms with van der Waals surface area (Å²) in [4.78, 5) is 74.4. The number of H-pyrrole nitrogens is 2. The van der Waals surface area contributed by atoms with E-state index in [1.54, 1.807) is 0 Å². The van der Waals surface area contributed by atoms with Gasteiger partial charge in [-0.15, -0.1) is 0 Å². The molecule has 0 bridgehead atoms. The Morgan fingerprint density at radius 3 is 1.97 bits per heavy atom. The van der Waals surface area contributed by atoms with E-state index >= 15 is 0 Å². The van der Waals surface area contributed by atoms with Crippen molar-refractivity contribution in [2.24, 2.45) is 11.5 Å². The number of rotatable bonds is 15. The van der Waals surface area contributed by atoms with Crippen molar-refractivity contribution in [3.8, 4) is 0 Å². The highest BCUT2D eigenvalue weighted by atomic mass is 16.4. The van der Waals surface area contributed by atoms with Crippen LogP contribution in [0.5, 0.6) is 0 Å². The standard InChI is InChI=1S/C21H31N9O7/c1-10(31)17(30-18(33)13(22)4-11-6-24-8-26-11)20(35)28-14(2-3-16(23)32)19(34)29-15(21(36)37)5-12-7-25-9-27-12/h6-10,13-15,17,31H,2-5,22H2,1H3,(H2,23,32)(H,24,26)(H,25,27)(H,28,35)(H,29,34)(H,30,33)(H,36,37). The van der Waals surface area contributed by atoms with Gasteiger partial charge in [0, 0.05) is 43.0 Å². The Hall–Kier alpha value is -4.31. The fourth-order valence-electron chi connectivity index (χ4n) is 3.30. The average molecular weight is 522 g/mol. The molecule has 202 valence electrons. The topological polar surface area (TPSA) is 271 Å². The predicted octanol–water partition coefficient (Wildman–Crippen LogP) is -3.57. The molecule has 16 heteroatoms. The van der Waals surface area contributed by atoms with Crippen LogP contribution >= 0.6 is 0 Å². The summed E-state index contributed by atoms with van der Waals surface area (Å²) >= 11 is 0. The van der Waals surface area contributed by atoms with Gasteiger partial charge in [0.25, 0.3) is 0 Å². The molecule has 0 fully saturated rings. The lowest BCUT2D eigenvalue weighted by molar-refractivity contribution is -0.142. The number of aromatic nitrogens is 4. The molecular weight excluding hydrogens is 490 g/mol. The normalized spacial score (nSPS) is 15.0. The second-order valence-corrected chi connectivity index (χ2v) is 8.36. The number of carboxylic acids is 1. The first kappa shape index (κ1) is 28.9. The number of aromatic amines is 2. The number of hydrogen-bond donors (Lipinski definition) is 9. The molecule has 37 heavy (non-hydrogen) atoms. The fraction of sp³-hybridized carbons (Fsp3) is 0.476. The minimum Gasteiger partial charge on any atom is -0.480 e. The summed E-state index contributed by atoms with van der Waals surface area (Å²) in [5, 5.41) is 26.6. The van der Waals surface area contributed by atoms with Crippen molar-refractivity contribution in [3.05, 3.63) is 36.4 Å². The molecule has 0 spiro atoms. The molecule has 0 aromatic carbocycles. The van der Waals surface area contributed by atoms with Crippen molar-refractivity contribution in [3.63, 3.8) is 0 Å². The smallest absolute Gasteiger partial charge is 0.326 e. The molecule has 4 amide bonds. The number of carbonyl (C=O) groups excluding carboxylic acids is 4. The zero-order valence-corrected chi connectivity index (χ0v) is 20.0. The monoisotopic (exact) mass is 521 g/mol. The van der Waals surface area contributed by atoms with Crippen LogP contribution in [0.15, 0.2) is 25.0 Å². The van der Waals surface area contributed by atoms with E-state index in [4.69, 9.17) is 11.5 Å². The summed E-state index contributed by atoms with van der Waals surface area (Å²) in [6.45, 7) is 1.24. The number of hydrogen-bond acceptors (Lipinski definition) is 9. The van der Waals surface area contributed by atoms with Crippen LogP contribution in [0.4, 0.5) is 0 Å². The molecule has 0 aliphatic carbocycles. The molecule has 0 saturated carbocycles. The maximum atomic E-state index is 12.9. The molecule has 2 heterocycles. The summed E-state index contributed by atoms with van der Waals surface area (Å²) in [6, 6.07) is -5.37. The van der Waals surface area contributed by atoms with Crippen LogP contribution in [-0.4, -0.2) is 90.0 Å². The number of nitrogens with two attached hydrogens (primary N) is 2. The summed E-state index contributed by atoms with van der Waals surface area (Å²) in [7, 11) is 0. The van der Waals surface area contributed by atoms with Crippen LogP contribution in [0.3, 0.4) is 0 Å². The maximum absolute atomic E-state index is 12.9. The highest BCUT2D eigenvalue weighted by molar-refractivity contribution is 5.94. The second kappa shape index (κ2) is 13.7. The minimum absolute atomic E-state index is 0.0799. The van der Waals surface area contributed by atoms with E-state index in [9.17, 15) is 34.2 Å². The first-order valence-electron chi connectivity index (χ1n) is 11.3. The molecular formula is C21H31N9O7. The van der Waals surface area contributed by atoms with E-state index < -0.39 is 59.9 Å². The molecule has 0 radical (unpaired) electrons. The first-order chi connectivity index (χ1) is 17.5. The number of carboxylic acid groups (broad SMARTS) is 1. The van der Waals surface area contributed by atoms with Crippen LogP contribution in [-0.2, 0) is 36.8 Å². The number of amides is 4. The van der Waals surface area contributed by atoms with Crippen molar-refractivity contribution in [1.29, 1.82) is 0 Å². The Balaban J connectivity index is 2.10. The molecule has 5 atom stereocenters. The number of aliphatic carboxylic acids is 1. The zero-order valence-electron chi connectivity index (χ0n) is 20.0. The van der Waals surface area contributed by atoms with Crippen molar-refractivity contribution >= 4 is 29.6 Å². The number of carbonyl (C=O) groups is 5. The third-order valence-electron chi connectivity index (χ3n) is 5.30. The summed E-state index contributed by atoms with van der Waals surface area (Å²) in [6.07, 6.45) is 3.61. The highest BCUT2D eigenvalue weighted by Crippen LogP contribution is 2.05. The van der Waals surface area contributed by atoms with Crippen molar-refractivity contribution < 1.29 is 34.2 Å². The predicted molar refractivity (Wildman–Crippen MR) is 126 cm³/mol. The lowest BCUT2D eigenvalue weighted by Crippen LogP contribution is -2.60. The Morgan fingerprint density at radius 2 is 1.49 bits per heavy atom. The Labute approximate surface area is 211 Å². The molecule has 16 nitrogen and oxygen atoms in total. The summed E-state index contributed by atoms with van der Waals surface area (Å²) in [5.41, 5.74) is 12.1. The van der Waals surface area contributed by atoms with Gasteiger partial charge in [0.1, 0.15) is 18.1 Å². The lowest BCUT2D eigenvalue weighted by Gasteiger charge is -2.26. The van der Waals surface area contributed by atoms with Gasteiger partial charge in [-0.2, -0.15) is 0 Å². The van der Waals surface area contributed by atoms with Crippen LogP contribution in [0.1, 0.15) is 31.2 Å². The zero-order chi connectivity index (χ0) is 27.5. The van der Waals surface area contributed by atoms with Gasteiger partial charge in [0.05, 0.1) is 24.8 Å². The Bertz CT molecular complexity index is 1060.